The number of pyridine rings is 2. The van der Waals surface area contributed by atoms with Crippen LogP contribution in [0.3, 0.4) is 0 Å². The zero-order valence-electron chi connectivity index (χ0n) is 15.3. The summed E-state index contributed by atoms with van der Waals surface area (Å²) in [5.74, 6) is -5.18. The van der Waals surface area contributed by atoms with Gasteiger partial charge in [0.15, 0.2) is 18.2 Å². The Bertz CT molecular complexity index is 889. The molecule has 0 aliphatic heterocycles. The topological polar surface area (TPSA) is 62.6 Å². The van der Waals surface area contributed by atoms with Crippen LogP contribution in [0.4, 0.5) is 22.0 Å². The lowest BCUT2D eigenvalue weighted by Crippen LogP contribution is -2.41. The van der Waals surface area contributed by atoms with Crippen molar-refractivity contribution >= 4 is 12.3 Å². The van der Waals surface area contributed by atoms with Crippen molar-refractivity contribution in [3.63, 3.8) is 0 Å². The van der Waals surface area contributed by atoms with E-state index in [0.717, 1.165) is 28.5 Å². The number of ether oxygens (including phenoxy) is 1. The molecule has 0 bridgehead atoms. The average molecular weight is 440 g/mol. The molecular formula is C17H17F5N2O4S. The van der Waals surface area contributed by atoms with Crippen molar-refractivity contribution in [1.29, 1.82) is 0 Å². The van der Waals surface area contributed by atoms with E-state index in [9.17, 15) is 26.7 Å². The number of hydrogen-bond acceptors (Lipinski definition) is 6. The predicted molar refractivity (Wildman–Crippen MR) is 95.6 cm³/mol. The maximum absolute atomic E-state index is 13.0. The Morgan fingerprint density at radius 2 is 1.90 bits per heavy atom. The van der Waals surface area contributed by atoms with Gasteiger partial charge in [0.25, 0.3) is 5.56 Å². The summed E-state index contributed by atoms with van der Waals surface area (Å²) in [6.45, 7) is 2.08. The number of aromatic nitrogens is 2. The van der Waals surface area contributed by atoms with Crippen molar-refractivity contribution in [2.24, 2.45) is 0 Å². The lowest BCUT2D eigenvalue weighted by Gasteiger charge is -2.19. The Morgan fingerprint density at radius 1 is 1.17 bits per heavy atom. The average Bonchev–Trinajstić information content (AvgIpc) is 2.66. The van der Waals surface area contributed by atoms with E-state index in [-0.39, 0.29) is 11.6 Å². The summed E-state index contributed by atoms with van der Waals surface area (Å²) in [5, 5.41) is 0. The lowest BCUT2D eigenvalue weighted by molar-refractivity contribution is -0.290. The highest BCUT2D eigenvalue weighted by atomic mass is 32.2. The molecule has 0 N–H and O–H groups in total. The smallest absolute Gasteiger partial charge is 0.456 e. The summed E-state index contributed by atoms with van der Waals surface area (Å²) in [7, 11) is 0. The molecule has 0 aromatic carbocycles. The van der Waals surface area contributed by atoms with Crippen LogP contribution in [0, 0.1) is 0 Å². The number of halogens is 5. The maximum Gasteiger partial charge on any atom is 0.456 e. The molecule has 6 nitrogen and oxygen atoms in total. The van der Waals surface area contributed by atoms with Gasteiger partial charge in [-0.2, -0.15) is 22.0 Å². The van der Waals surface area contributed by atoms with Gasteiger partial charge in [-0.3, -0.25) is 13.5 Å². The van der Waals surface area contributed by atoms with Gasteiger partial charge >= 0.3 is 12.1 Å². The fraction of sp³-hybridized carbons (Fsp3) is 0.412. The second-order valence-corrected chi connectivity index (χ2v) is 6.18. The van der Waals surface area contributed by atoms with E-state index in [4.69, 9.17) is 8.37 Å². The summed E-state index contributed by atoms with van der Waals surface area (Å²) >= 11 is 0.687. The van der Waals surface area contributed by atoms with E-state index >= 15 is 0 Å². The van der Waals surface area contributed by atoms with Crippen molar-refractivity contribution in [2.75, 3.05) is 13.2 Å². The molecule has 0 radical (unpaired) electrons. The fourth-order valence-electron chi connectivity index (χ4n) is 2.00. The van der Waals surface area contributed by atoms with E-state index in [2.05, 4.69) is 9.72 Å². The Labute approximate surface area is 167 Å². The Hall–Kier alpha value is -2.34. The molecule has 160 valence electrons. The number of hydrogen-bond donors (Lipinski definition) is 0. The highest BCUT2D eigenvalue weighted by Gasteiger charge is 2.58. The summed E-state index contributed by atoms with van der Waals surface area (Å²) in [6.07, 6.45) is -2.45. The molecule has 0 unspecified atom stereocenters. The Balaban J connectivity index is 2.27. The van der Waals surface area contributed by atoms with E-state index in [0.29, 0.717) is 25.4 Å². The van der Waals surface area contributed by atoms with Crippen LogP contribution < -0.4 is 14.5 Å². The van der Waals surface area contributed by atoms with Crippen LogP contribution >= 0.6 is 12.3 Å². The van der Waals surface area contributed by atoms with Gasteiger partial charge in [-0.15, -0.1) is 0 Å². The van der Waals surface area contributed by atoms with Crippen molar-refractivity contribution < 1.29 is 35.1 Å². The summed E-state index contributed by atoms with van der Waals surface area (Å²) in [6, 6.07) is 3.50. The van der Waals surface area contributed by atoms with Crippen LogP contribution in [0.1, 0.15) is 19.4 Å². The largest absolute Gasteiger partial charge is 0.487 e. The van der Waals surface area contributed by atoms with E-state index in [1.54, 1.807) is 13.0 Å². The molecule has 0 saturated heterocycles. The molecule has 2 aromatic heterocycles. The molecule has 12 heteroatoms. The van der Waals surface area contributed by atoms with Crippen LogP contribution in [0.2, 0.25) is 0 Å². The molecule has 2 aromatic rings. The number of aryl methyl sites for hydroxylation is 1. The number of rotatable bonds is 9. The summed E-state index contributed by atoms with van der Waals surface area (Å²) < 4.78 is 78.5. The van der Waals surface area contributed by atoms with E-state index in [1.165, 1.54) is 6.20 Å². The van der Waals surface area contributed by atoms with Gasteiger partial charge in [-0.25, -0.2) is 4.98 Å². The third kappa shape index (κ3) is 5.82. The zero-order chi connectivity index (χ0) is 21.7. The van der Waals surface area contributed by atoms with Crippen molar-refractivity contribution in [3.05, 3.63) is 46.5 Å². The van der Waals surface area contributed by atoms with Gasteiger partial charge in [0.1, 0.15) is 5.75 Å². The van der Waals surface area contributed by atoms with Gasteiger partial charge in [0.05, 0.1) is 6.61 Å². The predicted octanol–water partition coefficient (Wildman–Crippen LogP) is 4.35. The molecule has 0 aliphatic carbocycles. The third-order valence-corrected chi connectivity index (χ3v) is 4.12. The van der Waals surface area contributed by atoms with Crippen LogP contribution in [0.5, 0.6) is 11.5 Å². The van der Waals surface area contributed by atoms with Crippen LogP contribution in [-0.2, 0) is 10.6 Å². The maximum atomic E-state index is 13.0. The normalized spacial score (nSPS) is 12.1. The van der Waals surface area contributed by atoms with Gasteiger partial charge < -0.3 is 8.92 Å². The summed E-state index contributed by atoms with van der Waals surface area (Å²) in [5.41, 5.74) is 0.0593. The van der Waals surface area contributed by atoms with E-state index in [1.807, 2.05) is 6.92 Å². The second-order valence-electron chi connectivity index (χ2n) is 5.64. The quantitative estimate of drug-likeness (QED) is 0.328. The first-order valence-corrected chi connectivity index (χ1v) is 9.01. The van der Waals surface area contributed by atoms with Crippen LogP contribution in [0.15, 0.2) is 35.4 Å². The lowest BCUT2D eigenvalue weighted by atomic mass is 10.2. The highest BCUT2D eigenvalue weighted by Crippen LogP contribution is 2.35. The Morgan fingerprint density at radius 3 is 2.48 bits per heavy atom. The molecule has 0 spiro atoms. The molecule has 0 saturated carbocycles. The first kappa shape index (κ1) is 22.9. The van der Waals surface area contributed by atoms with Gasteiger partial charge in [-0.1, -0.05) is 6.92 Å². The minimum absolute atomic E-state index is 0.0894. The zero-order valence-corrected chi connectivity index (χ0v) is 16.2. The first-order chi connectivity index (χ1) is 13.6. The minimum atomic E-state index is -5.75. The summed E-state index contributed by atoms with van der Waals surface area (Å²) in [4.78, 5) is 16.5. The first-order valence-electron chi connectivity index (χ1n) is 8.34. The van der Waals surface area contributed by atoms with Crippen molar-refractivity contribution in [3.8, 4) is 17.3 Å². The standard InChI is InChI=1S/C17H17F5N2O4S/c1-3-11-7-13(28-29-27-4-2)15(23-9-11)24-6-5-12(8-14(24)25)26-10-16(18,19)17(20,21)22/h5-9H,3-4,10H2,1-2H3. The minimum Gasteiger partial charge on any atom is -0.487 e. The second kappa shape index (κ2) is 9.44. The third-order valence-electron chi connectivity index (χ3n) is 3.54. The SMILES string of the molecule is CCOSOc1cc(CC)cnc1-n1ccc(OCC(F)(F)C(F)(F)F)cc1=O. The van der Waals surface area contributed by atoms with Gasteiger partial charge in [0, 0.05) is 18.5 Å². The van der Waals surface area contributed by atoms with E-state index < -0.39 is 30.0 Å². The Kier molecular flexibility index (Phi) is 7.47. The van der Waals surface area contributed by atoms with Crippen LogP contribution in [0.25, 0.3) is 5.82 Å². The fourth-order valence-corrected chi connectivity index (χ4v) is 2.34. The molecule has 0 aliphatic rings. The molecule has 2 rings (SSSR count). The van der Waals surface area contributed by atoms with Crippen LogP contribution in [-0.4, -0.2) is 34.9 Å². The van der Waals surface area contributed by atoms with Crippen molar-refractivity contribution in [2.45, 2.75) is 32.4 Å². The molecule has 0 atom stereocenters. The highest BCUT2D eigenvalue weighted by molar-refractivity contribution is 7.90. The molecule has 0 amide bonds. The van der Waals surface area contributed by atoms with Gasteiger partial charge in [-0.05, 0) is 31.0 Å². The monoisotopic (exact) mass is 440 g/mol. The molecule has 0 fully saturated rings. The number of alkyl halides is 5. The molecular weight excluding hydrogens is 423 g/mol. The van der Waals surface area contributed by atoms with Gasteiger partial charge in [0.2, 0.25) is 12.3 Å². The molecule has 29 heavy (non-hydrogen) atoms. The molecule has 2 heterocycles. The van der Waals surface area contributed by atoms with Crippen molar-refractivity contribution in [1.82, 2.24) is 9.55 Å². The number of nitrogens with zero attached hydrogens (tertiary/aromatic N) is 2.